The molecular formula is C21H20N2O4. The summed E-state index contributed by atoms with van der Waals surface area (Å²) in [7, 11) is 0. The van der Waals surface area contributed by atoms with Gasteiger partial charge in [0.15, 0.2) is 0 Å². The van der Waals surface area contributed by atoms with Crippen LogP contribution in [0.1, 0.15) is 51.0 Å². The highest BCUT2D eigenvalue weighted by atomic mass is 16.6. The van der Waals surface area contributed by atoms with Crippen molar-refractivity contribution in [3.63, 3.8) is 0 Å². The van der Waals surface area contributed by atoms with Gasteiger partial charge in [0, 0.05) is 12.0 Å². The number of carbonyl (C=O) groups is 1. The van der Waals surface area contributed by atoms with Gasteiger partial charge < -0.3 is 10.4 Å². The van der Waals surface area contributed by atoms with Crippen molar-refractivity contribution >= 4 is 17.3 Å². The SMILES string of the molecule is Cc1cc([N+](=O)[O-])c2c(c1C)[C@@H]1C=CC[C@@H]1[C@@H](c1ccccc1C(=O)O)N2. The molecule has 6 nitrogen and oxygen atoms in total. The van der Waals surface area contributed by atoms with E-state index < -0.39 is 5.97 Å². The maximum absolute atomic E-state index is 11.7. The predicted molar refractivity (Wildman–Crippen MR) is 102 cm³/mol. The molecule has 3 atom stereocenters. The first-order valence-corrected chi connectivity index (χ1v) is 8.94. The van der Waals surface area contributed by atoms with Crippen LogP contribution in [0.3, 0.4) is 0 Å². The minimum Gasteiger partial charge on any atom is -0.478 e. The van der Waals surface area contributed by atoms with Crippen LogP contribution in [0.2, 0.25) is 0 Å². The summed E-state index contributed by atoms with van der Waals surface area (Å²) >= 11 is 0. The van der Waals surface area contributed by atoms with Crippen molar-refractivity contribution in [1.29, 1.82) is 0 Å². The summed E-state index contributed by atoms with van der Waals surface area (Å²) in [6.45, 7) is 3.89. The molecule has 2 N–H and O–H groups in total. The number of hydrogen-bond acceptors (Lipinski definition) is 4. The number of aromatic carboxylic acids is 1. The van der Waals surface area contributed by atoms with Crippen LogP contribution in [0.25, 0.3) is 0 Å². The van der Waals surface area contributed by atoms with E-state index in [0.29, 0.717) is 11.3 Å². The molecule has 1 heterocycles. The second kappa shape index (κ2) is 6.23. The van der Waals surface area contributed by atoms with Crippen molar-refractivity contribution in [3.8, 4) is 0 Å². The Morgan fingerprint density at radius 1 is 1.30 bits per heavy atom. The maximum Gasteiger partial charge on any atom is 0.336 e. The van der Waals surface area contributed by atoms with Gasteiger partial charge in [-0.15, -0.1) is 0 Å². The van der Waals surface area contributed by atoms with Gasteiger partial charge >= 0.3 is 5.97 Å². The molecule has 27 heavy (non-hydrogen) atoms. The lowest BCUT2D eigenvalue weighted by atomic mass is 9.74. The van der Waals surface area contributed by atoms with Crippen LogP contribution in [-0.4, -0.2) is 16.0 Å². The molecule has 0 saturated carbocycles. The number of aryl methyl sites for hydroxylation is 1. The third-order valence-electron chi connectivity index (χ3n) is 5.87. The average molecular weight is 364 g/mol. The molecule has 0 amide bonds. The number of nitro benzene ring substituents is 1. The van der Waals surface area contributed by atoms with E-state index in [1.807, 2.05) is 19.9 Å². The van der Waals surface area contributed by atoms with E-state index in [1.165, 1.54) is 0 Å². The van der Waals surface area contributed by atoms with Crippen molar-refractivity contribution < 1.29 is 14.8 Å². The fourth-order valence-electron chi connectivity index (χ4n) is 4.50. The Morgan fingerprint density at radius 3 is 2.74 bits per heavy atom. The number of benzene rings is 2. The standard InChI is InChI=1S/C21H20N2O4/c1-11-10-17(23(26)27)20-18(12(11)2)13-8-5-9-14(13)19(22-20)15-6-3-4-7-16(15)21(24)25/h3-8,10,13-14,19,22H,9H2,1-2H3,(H,24,25)/t13-,14+,19+/m1/s1. The van der Waals surface area contributed by atoms with Crippen molar-refractivity contribution in [2.24, 2.45) is 5.92 Å². The van der Waals surface area contributed by atoms with Gasteiger partial charge in [-0.1, -0.05) is 30.4 Å². The Labute approximate surface area is 156 Å². The number of nitro groups is 1. The normalized spacial score (nSPS) is 22.7. The zero-order valence-electron chi connectivity index (χ0n) is 15.1. The van der Waals surface area contributed by atoms with E-state index in [4.69, 9.17) is 0 Å². The highest BCUT2D eigenvalue weighted by Gasteiger charge is 2.42. The number of anilines is 1. The summed E-state index contributed by atoms with van der Waals surface area (Å²) in [6, 6.07) is 8.19. The van der Waals surface area contributed by atoms with Gasteiger partial charge in [-0.2, -0.15) is 0 Å². The zero-order valence-corrected chi connectivity index (χ0v) is 15.1. The van der Waals surface area contributed by atoms with Gasteiger partial charge in [0.05, 0.1) is 16.5 Å². The van der Waals surface area contributed by atoms with Crippen LogP contribution >= 0.6 is 0 Å². The molecule has 4 rings (SSSR count). The quantitative estimate of drug-likeness (QED) is 0.466. The molecular weight excluding hydrogens is 344 g/mol. The molecule has 2 aliphatic rings. The molecule has 1 aliphatic heterocycles. The molecule has 2 aromatic rings. The number of carboxylic acid groups (broad SMARTS) is 1. The summed E-state index contributed by atoms with van der Waals surface area (Å²) in [5, 5.41) is 24.7. The fraction of sp³-hybridized carbons (Fsp3) is 0.286. The van der Waals surface area contributed by atoms with Crippen LogP contribution in [-0.2, 0) is 0 Å². The number of nitrogens with one attached hydrogen (secondary N) is 1. The Hall–Kier alpha value is -3.15. The van der Waals surface area contributed by atoms with Gasteiger partial charge in [-0.25, -0.2) is 4.79 Å². The molecule has 0 saturated heterocycles. The van der Waals surface area contributed by atoms with E-state index in [1.54, 1.807) is 24.3 Å². The smallest absolute Gasteiger partial charge is 0.336 e. The van der Waals surface area contributed by atoms with Crippen molar-refractivity contribution in [2.45, 2.75) is 32.2 Å². The molecule has 0 aromatic heterocycles. The van der Waals surface area contributed by atoms with Gasteiger partial charge in [-0.05, 0) is 54.5 Å². The second-order valence-electron chi connectivity index (χ2n) is 7.25. The Balaban J connectivity index is 1.94. The lowest BCUT2D eigenvalue weighted by molar-refractivity contribution is -0.384. The highest BCUT2D eigenvalue weighted by Crippen LogP contribution is 2.54. The molecule has 0 bridgehead atoms. The van der Waals surface area contributed by atoms with E-state index in [2.05, 4.69) is 17.5 Å². The first kappa shape index (κ1) is 17.3. The van der Waals surface area contributed by atoms with Crippen molar-refractivity contribution in [3.05, 3.63) is 80.4 Å². The Kier molecular flexibility index (Phi) is 3.98. The summed E-state index contributed by atoms with van der Waals surface area (Å²) in [5.74, 6) is -0.833. The molecule has 2 aromatic carbocycles. The van der Waals surface area contributed by atoms with Crippen LogP contribution in [0, 0.1) is 29.9 Å². The fourth-order valence-corrected chi connectivity index (χ4v) is 4.50. The lowest BCUT2D eigenvalue weighted by Crippen LogP contribution is -2.31. The molecule has 1 aliphatic carbocycles. The van der Waals surface area contributed by atoms with Crippen LogP contribution in [0.4, 0.5) is 11.4 Å². The van der Waals surface area contributed by atoms with E-state index in [-0.39, 0.29) is 34.1 Å². The Bertz CT molecular complexity index is 996. The third kappa shape index (κ3) is 2.60. The van der Waals surface area contributed by atoms with E-state index in [0.717, 1.165) is 23.1 Å². The number of fused-ring (bicyclic) bond motifs is 3. The van der Waals surface area contributed by atoms with Gasteiger partial charge in [0.1, 0.15) is 5.69 Å². The third-order valence-corrected chi connectivity index (χ3v) is 5.87. The number of nitrogens with zero attached hydrogens (tertiary/aromatic N) is 1. The van der Waals surface area contributed by atoms with E-state index in [9.17, 15) is 20.0 Å². The highest BCUT2D eigenvalue weighted by molar-refractivity contribution is 5.90. The second-order valence-corrected chi connectivity index (χ2v) is 7.25. The molecule has 0 spiro atoms. The van der Waals surface area contributed by atoms with Gasteiger partial charge in [-0.3, -0.25) is 10.1 Å². The monoisotopic (exact) mass is 364 g/mol. The molecule has 138 valence electrons. The minimum absolute atomic E-state index is 0.0340. The lowest BCUT2D eigenvalue weighted by Gasteiger charge is -2.38. The zero-order chi connectivity index (χ0) is 19.3. The summed E-state index contributed by atoms with van der Waals surface area (Å²) in [5.41, 5.74) is 4.37. The first-order valence-electron chi connectivity index (χ1n) is 8.94. The van der Waals surface area contributed by atoms with Crippen molar-refractivity contribution in [1.82, 2.24) is 0 Å². The number of rotatable bonds is 3. The summed E-state index contributed by atoms with van der Waals surface area (Å²) in [4.78, 5) is 23.1. The van der Waals surface area contributed by atoms with Gasteiger partial charge in [0.25, 0.3) is 5.69 Å². The molecule has 6 heteroatoms. The maximum atomic E-state index is 11.7. The largest absolute Gasteiger partial charge is 0.478 e. The summed E-state index contributed by atoms with van der Waals surface area (Å²) < 4.78 is 0. The van der Waals surface area contributed by atoms with Crippen LogP contribution < -0.4 is 5.32 Å². The molecule has 0 unspecified atom stereocenters. The topological polar surface area (TPSA) is 92.5 Å². The van der Waals surface area contributed by atoms with Crippen LogP contribution in [0.15, 0.2) is 42.5 Å². The number of carboxylic acids is 1. The molecule has 0 fully saturated rings. The Morgan fingerprint density at radius 2 is 2.04 bits per heavy atom. The molecule has 0 radical (unpaired) electrons. The van der Waals surface area contributed by atoms with E-state index >= 15 is 0 Å². The predicted octanol–water partition coefficient (Wildman–Crippen LogP) is 4.74. The van der Waals surface area contributed by atoms with Crippen molar-refractivity contribution in [2.75, 3.05) is 5.32 Å². The van der Waals surface area contributed by atoms with Crippen LogP contribution in [0.5, 0.6) is 0 Å². The van der Waals surface area contributed by atoms with Gasteiger partial charge in [0.2, 0.25) is 0 Å². The first-order chi connectivity index (χ1) is 12.9. The number of allylic oxidation sites excluding steroid dienone is 2. The number of hydrogen-bond donors (Lipinski definition) is 2. The minimum atomic E-state index is -0.990. The summed E-state index contributed by atoms with van der Waals surface area (Å²) in [6.07, 6.45) is 5.00. The average Bonchev–Trinajstić information content (AvgIpc) is 3.13.